The summed E-state index contributed by atoms with van der Waals surface area (Å²) in [5.41, 5.74) is 2.15. The number of carbonyl (C=O) groups excluding carboxylic acids is 2. The molecule has 0 bridgehead atoms. The Labute approximate surface area is 161 Å². The van der Waals surface area contributed by atoms with Crippen LogP contribution in [0.2, 0.25) is 0 Å². The first-order valence-corrected chi connectivity index (χ1v) is 9.10. The number of hydrogen-bond donors (Lipinski definition) is 1. The van der Waals surface area contributed by atoms with Gasteiger partial charge in [-0.2, -0.15) is 0 Å². The number of nitrogens with one attached hydrogen (secondary N) is 1. The third-order valence-corrected chi connectivity index (χ3v) is 5.27. The van der Waals surface area contributed by atoms with E-state index in [0.29, 0.717) is 24.2 Å². The van der Waals surface area contributed by atoms with Crippen molar-refractivity contribution in [2.24, 2.45) is 11.8 Å². The molecule has 2 amide bonds. The smallest absolute Gasteiger partial charge is 0.294 e. The number of carbonyl (C=O) groups is 2. The molecule has 0 aromatic heterocycles. The zero-order valence-electron chi connectivity index (χ0n) is 15.3. The molecule has 4 rings (SSSR count). The highest BCUT2D eigenvalue weighted by atomic mass is 16.6. The number of hydrogen-bond acceptors (Lipinski definition) is 5. The fourth-order valence-electron chi connectivity index (χ4n) is 3.76. The molecule has 0 unspecified atom stereocenters. The molecule has 0 radical (unpaired) electrons. The first kappa shape index (κ1) is 17.9. The highest BCUT2D eigenvalue weighted by Crippen LogP contribution is 2.40. The highest BCUT2D eigenvalue weighted by Gasteiger charge is 2.48. The minimum absolute atomic E-state index is 0.188. The molecule has 28 heavy (non-hydrogen) atoms. The summed E-state index contributed by atoms with van der Waals surface area (Å²) < 4.78 is 0. The van der Waals surface area contributed by atoms with Gasteiger partial charge in [-0.05, 0) is 44.0 Å². The summed E-state index contributed by atoms with van der Waals surface area (Å²) in [5, 5.41) is 14.6. The summed E-state index contributed by atoms with van der Waals surface area (Å²) >= 11 is 0. The maximum absolute atomic E-state index is 12.7. The van der Waals surface area contributed by atoms with Crippen LogP contribution < -0.4 is 10.2 Å². The van der Waals surface area contributed by atoms with E-state index in [9.17, 15) is 19.7 Å². The first-order valence-electron chi connectivity index (χ1n) is 9.10. The third-order valence-electron chi connectivity index (χ3n) is 5.27. The zero-order valence-corrected chi connectivity index (χ0v) is 15.3. The van der Waals surface area contributed by atoms with E-state index in [4.69, 9.17) is 0 Å². The maximum atomic E-state index is 12.7. The van der Waals surface area contributed by atoms with Crippen LogP contribution in [0.1, 0.15) is 18.4 Å². The van der Waals surface area contributed by atoms with E-state index in [-0.39, 0.29) is 35.0 Å². The van der Waals surface area contributed by atoms with E-state index in [0.717, 1.165) is 10.5 Å². The number of anilines is 3. The van der Waals surface area contributed by atoms with Gasteiger partial charge in [0.25, 0.3) is 5.69 Å². The molecule has 2 aromatic rings. The molecule has 1 aliphatic carbocycles. The first-order chi connectivity index (χ1) is 13.5. The molecule has 0 saturated carbocycles. The number of nitrogens with zero attached hydrogens (tertiary/aromatic N) is 2. The summed E-state index contributed by atoms with van der Waals surface area (Å²) in [6, 6.07) is 11.9. The molecule has 2 aliphatic rings. The number of rotatable bonds is 4. The minimum atomic E-state index is -0.514. The lowest BCUT2D eigenvalue weighted by molar-refractivity contribution is -0.383. The summed E-state index contributed by atoms with van der Waals surface area (Å²) in [4.78, 5) is 37.7. The fraction of sp³-hybridized carbons (Fsp3) is 0.238. The molecule has 7 heteroatoms. The van der Waals surface area contributed by atoms with Crippen molar-refractivity contribution in [3.8, 4) is 0 Å². The van der Waals surface area contributed by atoms with E-state index in [1.165, 1.54) is 12.1 Å². The van der Waals surface area contributed by atoms with Crippen molar-refractivity contribution in [1.82, 2.24) is 0 Å². The van der Waals surface area contributed by atoms with E-state index >= 15 is 0 Å². The summed E-state index contributed by atoms with van der Waals surface area (Å²) in [6.07, 6.45) is 4.88. The van der Waals surface area contributed by atoms with Crippen molar-refractivity contribution in [2.45, 2.75) is 19.8 Å². The van der Waals surface area contributed by atoms with Crippen molar-refractivity contribution in [3.05, 3.63) is 70.3 Å². The Morgan fingerprint density at radius 2 is 1.61 bits per heavy atom. The van der Waals surface area contributed by atoms with Gasteiger partial charge in [-0.15, -0.1) is 0 Å². The number of amides is 2. The van der Waals surface area contributed by atoms with Crippen LogP contribution in [0.4, 0.5) is 22.7 Å². The van der Waals surface area contributed by atoms with Gasteiger partial charge in [-0.25, -0.2) is 4.90 Å². The highest BCUT2D eigenvalue weighted by molar-refractivity contribution is 6.22. The molecule has 142 valence electrons. The molecule has 1 heterocycles. The number of imide groups is 1. The van der Waals surface area contributed by atoms with Crippen molar-refractivity contribution in [2.75, 3.05) is 10.2 Å². The average molecular weight is 377 g/mol. The number of aryl methyl sites for hydroxylation is 1. The van der Waals surface area contributed by atoms with Gasteiger partial charge < -0.3 is 5.32 Å². The number of benzene rings is 2. The van der Waals surface area contributed by atoms with Crippen LogP contribution in [0.15, 0.2) is 54.6 Å². The van der Waals surface area contributed by atoms with E-state index < -0.39 is 4.92 Å². The molecule has 1 saturated heterocycles. The monoisotopic (exact) mass is 377 g/mol. The van der Waals surface area contributed by atoms with Crippen molar-refractivity contribution >= 4 is 34.6 Å². The normalized spacial score (nSPS) is 21.0. The van der Waals surface area contributed by atoms with Crippen LogP contribution in [0, 0.1) is 28.9 Å². The molecule has 1 N–H and O–H groups in total. The molecule has 7 nitrogen and oxygen atoms in total. The Balaban J connectivity index is 1.67. The van der Waals surface area contributed by atoms with Crippen LogP contribution in [-0.2, 0) is 9.59 Å². The SMILES string of the molecule is Cc1ccc(Nc2ccc(N3C(=O)[C@H]4CC=CC[C@@H]4C3=O)cc2[N+](=O)[O-])cc1. The molecule has 2 aromatic carbocycles. The zero-order chi connectivity index (χ0) is 19.8. The van der Waals surface area contributed by atoms with E-state index in [2.05, 4.69) is 5.32 Å². The van der Waals surface area contributed by atoms with Crippen molar-refractivity contribution in [3.63, 3.8) is 0 Å². The van der Waals surface area contributed by atoms with Crippen LogP contribution in [0.5, 0.6) is 0 Å². The number of allylic oxidation sites excluding steroid dienone is 2. The second-order valence-electron chi connectivity index (χ2n) is 7.12. The average Bonchev–Trinajstić information content (AvgIpc) is 2.95. The lowest BCUT2D eigenvalue weighted by Crippen LogP contribution is -2.30. The lowest BCUT2D eigenvalue weighted by atomic mass is 9.85. The second-order valence-corrected chi connectivity index (χ2v) is 7.12. The number of nitro benzene ring substituents is 1. The molecule has 0 spiro atoms. The molecule has 1 fully saturated rings. The summed E-state index contributed by atoms with van der Waals surface area (Å²) in [5.74, 6) is -1.32. The molecule has 1 aliphatic heterocycles. The van der Waals surface area contributed by atoms with Gasteiger partial charge in [-0.1, -0.05) is 29.8 Å². The van der Waals surface area contributed by atoms with Gasteiger partial charge in [0.05, 0.1) is 22.4 Å². The molecular weight excluding hydrogens is 358 g/mol. The Morgan fingerprint density at radius 3 is 2.18 bits per heavy atom. The maximum Gasteiger partial charge on any atom is 0.294 e. The summed E-state index contributed by atoms with van der Waals surface area (Å²) in [7, 11) is 0. The van der Waals surface area contributed by atoms with Crippen molar-refractivity contribution in [1.29, 1.82) is 0 Å². The predicted octanol–water partition coefficient (Wildman–Crippen LogP) is 4.10. The Bertz CT molecular complexity index is 971. The van der Waals surface area contributed by atoms with E-state index in [1.807, 2.05) is 43.3 Å². The lowest BCUT2D eigenvalue weighted by Gasteiger charge is -2.16. The standard InChI is InChI=1S/C21H19N3O4/c1-13-6-8-14(9-7-13)22-18-11-10-15(12-19(18)24(27)28)23-20(25)16-4-2-3-5-17(16)21(23)26/h2-3,6-12,16-17,22H,4-5H2,1H3/t16-,17-/m0/s1. The van der Waals surface area contributed by atoms with Crippen LogP contribution >= 0.6 is 0 Å². The topological polar surface area (TPSA) is 92.6 Å². The number of fused-ring (bicyclic) bond motifs is 1. The van der Waals surface area contributed by atoms with Crippen LogP contribution in [-0.4, -0.2) is 16.7 Å². The second kappa shape index (κ2) is 6.92. The largest absolute Gasteiger partial charge is 0.350 e. The Hall–Kier alpha value is -3.48. The Morgan fingerprint density at radius 1 is 1.00 bits per heavy atom. The van der Waals surface area contributed by atoms with Crippen LogP contribution in [0.25, 0.3) is 0 Å². The van der Waals surface area contributed by atoms with Gasteiger partial charge in [0.15, 0.2) is 0 Å². The van der Waals surface area contributed by atoms with Gasteiger partial charge >= 0.3 is 0 Å². The fourth-order valence-corrected chi connectivity index (χ4v) is 3.76. The summed E-state index contributed by atoms with van der Waals surface area (Å²) in [6.45, 7) is 1.96. The van der Waals surface area contributed by atoms with Gasteiger partial charge in [-0.3, -0.25) is 19.7 Å². The quantitative estimate of drug-likeness (QED) is 0.375. The molecular formula is C21H19N3O4. The van der Waals surface area contributed by atoms with Gasteiger partial charge in [0.1, 0.15) is 5.69 Å². The van der Waals surface area contributed by atoms with Crippen LogP contribution in [0.3, 0.4) is 0 Å². The number of nitro groups is 1. The van der Waals surface area contributed by atoms with Gasteiger partial charge in [0, 0.05) is 11.8 Å². The minimum Gasteiger partial charge on any atom is -0.350 e. The third kappa shape index (κ3) is 3.05. The van der Waals surface area contributed by atoms with Gasteiger partial charge in [0.2, 0.25) is 11.8 Å². The predicted molar refractivity (Wildman–Crippen MR) is 105 cm³/mol. The van der Waals surface area contributed by atoms with E-state index in [1.54, 1.807) is 6.07 Å². The molecule has 2 atom stereocenters. The Kier molecular flexibility index (Phi) is 4.43. The van der Waals surface area contributed by atoms with Crippen molar-refractivity contribution < 1.29 is 14.5 Å².